The quantitative estimate of drug-likeness (QED) is 0.495. The lowest BCUT2D eigenvalue weighted by atomic mass is 10.2. The van der Waals surface area contributed by atoms with E-state index in [1.807, 2.05) is 29.2 Å². The third-order valence-corrected chi connectivity index (χ3v) is 5.62. The van der Waals surface area contributed by atoms with Gasteiger partial charge in [-0.25, -0.2) is 0 Å². The minimum absolute atomic E-state index is 0.0949. The fourth-order valence-electron chi connectivity index (χ4n) is 4.01. The van der Waals surface area contributed by atoms with E-state index in [1.165, 1.54) is 5.39 Å². The van der Waals surface area contributed by atoms with E-state index in [1.54, 1.807) is 12.4 Å². The van der Waals surface area contributed by atoms with Crippen molar-refractivity contribution >= 4 is 16.8 Å². The van der Waals surface area contributed by atoms with E-state index in [4.69, 9.17) is 9.26 Å². The minimum Gasteiger partial charge on any atom is -0.365 e. The Labute approximate surface area is 179 Å². The first-order valence-corrected chi connectivity index (χ1v) is 10.4. The Morgan fingerprint density at radius 1 is 1.23 bits per heavy atom. The number of rotatable bonds is 5. The number of ether oxygens (including phenoxy) is 1. The molecule has 1 atom stereocenters. The van der Waals surface area contributed by atoms with Crippen LogP contribution >= 0.6 is 0 Å². The van der Waals surface area contributed by atoms with E-state index in [2.05, 4.69) is 44.8 Å². The number of para-hydroxylation sites is 1. The highest BCUT2D eigenvalue weighted by molar-refractivity contribution is 5.82. The lowest BCUT2D eigenvalue weighted by Gasteiger charge is -2.31. The van der Waals surface area contributed by atoms with Crippen LogP contribution in [0.3, 0.4) is 0 Å². The van der Waals surface area contributed by atoms with E-state index < -0.39 is 6.10 Å². The van der Waals surface area contributed by atoms with Crippen LogP contribution < -0.4 is 0 Å². The van der Waals surface area contributed by atoms with Crippen LogP contribution in [0, 0.1) is 6.92 Å². The number of fused-ring (bicyclic) bond motifs is 1. The number of nitrogens with zero attached hydrogens (tertiary/aromatic N) is 5. The van der Waals surface area contributed by atoms with Crippen molar-refractivity contribution in [2.45, 2.75) is 26.0 Å². The van der Waals surface area contributed by atoms with Crippen molar-refractivity contribution < 1.29 is 14.1 Å². The summed E-state index contributed by atoms with van der Waals surface area (Å²) in [4.78, 5) is 23.3. The summed E-state index contributed by atoms with van der Waals surface area (Å²) in [5, 5.41) is 5.22. The van der Waals surface area contributed by atoms with E-state index in [0.29, 0.717) is 44.4 Å². The third-order valence-electron chi connectivity index (χ3n) is 5.62. The summed E-state index contributed by atoms with van der Waals surface area (Å²) >= 11 is 0. The first kappa shape index (κ1) is 19.4. The molecule has 4 heterocycles. The molecule has 31 heavy (non-hydrogen) atoms. The fraction of sp³-hybridized carbons (Fsp3) is 0.304. The van der Waals surface area contributed by atoms with Crippen molar-refractivity contribution in [3.8, 4) is 11.4 Å². The highest BCUT2D eigenvalue weighted by Crippen LogP contribution is 2.24. The van der Waals surface area contributed by atoms with Gasteiger partial charge in [-0.15, -0.1) is 0 Å². The standard InChI is InChI=1S/C23H23N5O3/c1-16-13-17-5-2-3-7-19(17)28(16)10-8-21(29)27-11-12-30-20(15-27)23-25-22(26-31-23)18-6-4-9-24-14-18/h2-7,9,13-14,20H,8,10-12,15H2,1H3/t20-/m0/s1. The van der Waals surface area contributed by atoms with Crippen LogP contribution in [0.2, 0.25) is 0 Å². The molecule has 0 aliphatic carbocycles. The first-order chi connectivity index (χ1) is 15.2. The molecule has 8 nitrogen and oxygen atoms in total. The molecule has 0 unspecified atom stereocenters. The smallest absolute Gasteiger partial charge is 0.257 e. The molecule has 0 N–H and O–H groups in total. The van der Waals surface area contributed by atoms with Crippen LogP contribution in [-0.4, -0.2) is 50.2 Å². The maximum atomic E-state index is 12.9. The topological polar surface area (TPSA) is 86.3 Å². The average molecular weight is 417 g/mol. The largest absolute Gasteiger partial charge is 0.365 e. The highest BCUT2D eigenvalue weighted by Gasteiger charge is 2.29. The summed E-state index contributed by atoms with van der Waals surface area (Å²) < 4.78 is 13.4. The average Bonchev–Trinajstić information content (AvgIpc) is 3.43. The Bertz CT molecular complexity index is 1200. The molecule has 0 radical (unpaired) electrons. The summed E-state index contributed by atoms with van der Waals surface area (Å²) in [6.45, 7) is 4.12. The van der Waals surface area contributed by atoms with Crippen molar-refractivity contribution in [3.05, 3.63) is 66.4 Å². The number of carbonyl (C=O) groups is 1. The molecule has 4 aromatic rings. The van der Waals surface area contributed by atoms with Gasteiger partial charge in [0.15, 0.2) is 6.10 Å². The Morgan fingerprint density at radius 3 is 3.00 bits per heavy atom. The number of aromatic nitrogens is 4. The third kappa shape index (κ3) is 3.94. The molecular formula is C23H23N5O3. The zero-order valence-corrected chi connectivity index (χ0v) is 17.3. The second-order valence-electron chi connectivity index (χ2n) is 7.64. The predicted molar refractivity (Wildman–Crippen MR) is 114 cm³/mol. The van der Waals surface area contributed by atoms with Crippen molar-refractivity contribution in [2.24, 2.45) is 0 Å². The maximum Gasteiger partial charge on any atom is 0.257 e. The van der Waals surface area contributed by atoms with Gasteiger partial charge in [0.25, 0.3) is 5.89 Å². The minimum atomic E-state index is -0.426. The van der Waals surface area contributed by atoms with Crippen LogP contribution in [-0.2, 0) is 16.1 Å². The summed E-state index contributed by atoms with van der Waals surface area (Å²) in [6.07, 6.45) is 3.37. The van der Waals surface area contributed by atoms with E-state index in [-0.39, 0.29) is 5.91 Å². The maximum absolute atomic E-state index is 12.9. The molecule has 3 aromatic heterocycles. The molecule has 0 saturated carbocycles. The van der Waals surface area contributed by atoms with Crippen LogP contribution in [0.5, 0.6) is 0 Å². The van der Waals surface area contributed by atoms with E-state index in [9.17, 15) is 4.79 Å². The lowest BCUT2D eigenvalue weighted by Crippen LogP contribution is -2.42. The van der Waals surface area contributed by atoms with Gasteiger partial charge >= 0.3 is 0 Å². The van der Waals surface area contributed by atoms with Gasteiger partial charge in [-0.2, -0.15) is 4.98 Å². The molecule has 0 spiro atoms. The van der Waals surface area contributed by atoms with Crippen molar-refractivity contribution in [1.29, 1.82) is 0 Å². The van der Waals surface area contributed by atoms with Gasteiger partial charge in [-0.1, -0.05) is 23.4 Å². The van der Waals surface area contributed by atoms with Gasteiger partial charge in [0.05, 0.1) is 13.2 Å². The molecule has 8 heteroatoms. The Hall–Kier alpha value is -3.52. The second-order valence-corrected chi connectivity index (χ2v) is 7.64. The van der Waals surface area contributed by atoms with Crippen molar-refractivity contribution in [3.63, 3.8) is 0 Å². The number of morpholine rings is 1. The Kier molecular flexibility index (Phi) is 5.21. The van der Waals surface area contributed by atoms with Crippen LogP contribution in [0.1, 0.15) is 24.1 Å². The van der Waals surface area contributed by atoms with Gasteiger partial charge in [-0.05, 0) is 36.6 Å². The molecule has 158 valence electrons. The molecule has 1 saturated heterocycles. The number of aryl methyl sites for hydroxylation is 2. The highest BCUT2D eigenvalue weighted by atomic mass is 16.5. The van der Waals surface area contributed by atoms with Crippen molar-refractivity contribution in [1.82, 2.24) is 24.6 Å². The van der Waals surface area contributed by atoms with Crippen LogP contribution in [0.15, 0.2) is 59.4 Å². The number of hydrogen-bond donors (Lipinski definition) is 0. The SMILES string of the molecule is Cc1cc2ccccc2n1CCC(=O)N1CCO[C@H](c2nc(-c3cccnc3)no2)C1. The van der Waals surface area contributed by atoms with Gasteiger partial charge < -0.3 is 18.7 Å². The molecule has 1 aromatic carbocycles. The molecule has 5 rings (SSSR count). The van der Waals surface area contributed by atoms with Crippen molar-refractivity contribution in [2.75, 3.05) is 19.7 Å². The molecule has 1 amide bonds. The van der Waals surface area contributed by atoms with Gasteiger partial charge in [0, 0.05) is 48.7 Å². The molecule has 0 bridgehead atoms. The van der Waals surface area contributed by atoms with Crippen LogP contribution in [0.25, 0.3) is 22.3 Å². The van der Waals surface area contributed by atoms with Gasteiger partial charge in [-0.3, -0.25) is 9.78 Å². The molecule has 1 aliphatic heterocycles. The zero-order chi connectivity index (χ0) is 21.2. The summed E-state index contributed by atoms with van der Waals surface area (Å²) in [5.74, 6) is 0.936. The summed E-state index contributed by atoms with van der Waals surface area (Å²) in [7, 11) is 0. The first-order valence-electron chi connectivity index (χ1n) is 10.4. The second kappa shape index (κ2) is 8.31. The monoisotopic (exact) mass is 417 g/mol. The van der Waals surface area contributed by atoms with Gasteiger partial charge in [0.1, 0.15) is 0 Å². The normalized spacial score (nSPS) is 16.7. The number of hydrogen-bond acceptors (Lipinski definition) is 6. The van der Waals surface area contributed by atoms with E-state index in [0.717, 1.165) is 16.8 Å². The fourth-order valence-corrected chi connectivity index (χ4v) is 4.01. The van der Waals surface area contributed by atoms with Crippen LogP contribution in [0.4, 0.5) is 0 Å². The number of pyridine rings is 1. The number of benzene rings is 1. The van der Waals surface area contributed by atoms with Gasteiger partial charge in [0.2, 0.25) is 11.7 Å². The molecule has 1 aliphatic rings. The lowest BCUT2D eigenvalue weighted by molar-refractivity contribution is -0.140. The number of amides is 1. The summed E-state index contributed by atoms with van der Waals surface area (Å²) in [5.41, 5.74) is 3.08. The zero-order valence-electron chi connectivity index (χ0n) is 17.3. The molecular weight excluding hydrogens is 394 g/mol. The molecule has 1 fully saturated rings. The van der Waals surface area contributed by atoms with E-state index >= 15 is 0 Å². The number of carbonyl (C=O) groups excluding carboxylic acids is 1. The Morgan fingerprint density at radius 2 is 2.13 bits per heavy atom. The Balaban J connectivity index is 1.24. The summed E-state index contributed by atoms with van der Waals surface area (Å²) in [6, 6.07) is 14.1. The predicted octanol–water partition coefficient (Wildman–Crippen LogP) is 3.38.